The van der Waals surface area contributed by atoms with Crippen molar-refractivity contribution in [2.45, 2.75) is 38.7 Å². The molecule has 2 heterocycles. The third-order valence-electron chi connectivity index (χ3n) is 5.02. The van der Waals surface area contributed by atoms with Crippen LogP contribution in [-0.2, 0) is 14.4 Å². The normalized spacial score (nSPS) is 21.8. The largest absolute Gasteiger partial charge is 0.392 e. The van der Waals surface area contributed by atoms with Gasteiger partial charge in [0.2, 0.25) is 5.91 Å². The van der Waals surface area contributed by atoms with Crippen molar-refractivity contribution in [3.63, 3.8) is 0 Å². The van der Waals surface area contributed by atoms with Crippen LogP contribution in [0.3, 0.4) is 0 Å². The zero-order valence-electron chi connectivity index (χ0n) is 14.6. The molecule has 0 radical (unpaired) electrons. The number of terminal acetylenes is 1. The average molecular weight is 340 g/mol. The van der Waals surface area contributed by atoms with Gasteiger partial charge in [-0.15, -0.1) is 6.42 Å². The fraction of sp³-hybridized carbons (Fsp3) is 0.500. The van der Waals surface area contributed by atoms with Crippen molar-refractivity contribution in [1.29, 1.82) is 0 Å². The second-order valence-corrected chi connectivity index (χ2v) is 6.82. The van der Waals surface area contributed by atoms with E-state index in [-0.39, 0.29) is 18.6 Å². The van der Waals surface area contributed by atoms with Gasteiger partial charge in [-0.2, -0.15) is 0 Å². The van der Waals surface area contributed by atoms with Crippen LogP contribution in [0.25, 0.3) is 0 Å². The summed E-state index contributed by atoms with van der Waals surface area (Å²) in [6, 6.07) is 8.25. The minimum Gasteiger partial charge on any atom is -0.392 e. The maximum Gasteiger partial charge on any atom is 0.227 e. The molecule has 1 saturated heterocycles. The first-order valence-corrected chi connectivity index (χ1v) is 8.72. The Hall–Kier alpha value is -2.32. The molecule has 0 bridgehead atoms. The van der Waals surface area contributed by atoms with Crippen LogP contribution in [0.2, 0.25) is 0 Å². The van der Waals surface area contributed by atoms with E-state index in [0.29, 0.717) is 38.9 Å². The molecule has 1 amide bonds. The average Bonchev–Trinajstić information content (AvgIpc) is 3.09. The Kier molecular flexibility index (Phi) is 5.40. The van der Waals surface area contributed by atoms with Gasteiger partial charge >= 0.3 is 0 Å². The minimum atomic E-state index is -0.488. The van der Waals surface area contributed by atoms with E-state index in [9.17, 15) is 4.79 Å². The zero-order chi connectivity index (χ0) is 17.7. The van der Waals surface area contributed by atoms with E-state index in [2.05, 4.69) is 47.6 Å². The Bertz CT molecular complexity index is 682. The van der Waals surface area contributed by atoms with Gasteiger partial charge in [0.05, 0.1) is 17.7 Å². The lowest BCUT2D eigenvalue weighted by Crippen LogP contribution is -2.46. The first kappa shape index (κ1) is 17.5. The first-order valence-electron chi connectivity index (χ1n) is 8.72. The van der Waals surface area contributed by atoms with Crippen LogP contribution in [-0.4, -0.2) is 37.5 Å². The molecule has 5 heteroatoms. The fourth-order valence-corrected chi connectivity index (χ4v) is 3.49. The quantitative estimate of drug-likeness (QED) is 0.838. The predicted octanol–water partition coefficient (Wildman–Crippen LogP) is 2.42. The molecule has 1 atom stereocenters. The summed E-state index contributed by atoms with van der Waals surface area (Å²) in [6.45, 7) is 3.48. The Morgan fingerprint density at radius 1 is 1.36 bits per heavy atom. The second-order valence-electron chi connectivity index (χ2n) is 6.82. The molecule has 0 saturated carbocycles. The van der Waals surface area contributed by atoms with Crippen LogP contribution in [0.5, 0.6) is 0 Å². The molecule has 0 unspecified atom stereocenters. The van der Waals surface area contributed by atoms with Gasteiger partial charge in [-0.05, 0) is 25.3 Å². The van der Waals surface area contributed by atoms with Gasteiger partial charge < -0.3 is 14.9 Å². The summed E-state index contributed by atoms with van der Waals surface area (Å²) in [6.07, 6.45) is 7.90. The predicted molar refractivity (Wildman–Crippen MR) is 96.2 cm³/mol. The molecule has 3 rings (SSSR count). The van der Waals surface area contributed by atoms with Gasteiger partial charge in [0, 0.05) is 26.1 Å². The summed E-state index contributed by atoms with van der Waals surface area (Å²) in [4.78, 5) is 18.4. The summed E-state index contributed by atoms with van der Waals surface area (Å²) < 4.78 is 5.46. The molecule has 0 aliphatic carbocycles. The summed E-state index contributed by atoms with van der Waals surface area (Å²) >= 11 is 0. The first-order chi connectivity index (χ1) is 12.1. The van der Waals surface area contributed by atoms with Crippen molar-refractivity contribution in [3.05, 3.63) is 35.4 Å². The lowest BCUT2D eigenvalue weighted by molar-refractivity contribution is -0.139. The molecular weight excluding hydrogens is 316 g/mol. The van der Waals surface area contributed by atoms with E-state index in [1.165, 1.54) is 5.56 Å². The molecule has 25 heavy (non-hydrogen) atoms. The van der Waals surface area contributed by atoms with E-state index in [1.54, 1.807) is 0 Å². The monoisotopic (exact) mass is 340 g/mol. The van der Waals surface area contributed by atoms with E-state index in [0.717, 1.165) is 11.3 Å². The molecular formula is C20H24N2O3. The Balaban J connectivity index is 1.66. The van der Waals surface area contributed by atoms with Crippen LogP contribution in [0.15, 0.2) is 29.4 Å². The van der Waals surface area contributed by atoms with E-state index in [4.69, 9.17) is 16.0 Å². The van der Waals surface area contributed by atoms with E-state index in [1.807, 2.05) is 0 Å². The smallest absolute Gasteiger partial charge is 0.227 e. The van der Waals surface area contributed by atoms with Crippen LogP contribution in [0.1, 0.15) is 36.8 Å². The molecule has 1 aromatic carbocycles. The molecule has 2 aliphatic rings. The molecule has 1 N–H and O–H groups in total. The third-order valence-corrected chi connectivity index (χ3v) is 5.02. The maximum atomic E-state index is 12.7. The molecule has 2 aliphatic heterocycles. The summed E-state index contributed by atoms with van der Waals surface area (Å²) in [5.74, 6) is 2.47. The molecule has 1 aromatic rings. The van der Waals surface area contributed by atoms with Crippen molar-refractivity contribution in [3.8, 4) is 12.3 Å². The lowest BCUT2D eigenvalue weighted by atomic mass is 9.74. The number of amides is 1. The third kappa shape index (κ3) is 4.02. The van der Waals surface area contributed by atoms with Crippen molar-refractivity contribution in [1.82, 2.24) is 5.32 Å². The summed E-state index contributed by atoms with van der Waals surface area (Å²) in [7, 11) is 0. The molecule has 0 aromatic heterocycles. The van der Waals surface area contributed by atoms with Crippen LogP contribution >= 0.6 is 0 Å². The van der Waals surface area contributed by atoms with Gasteiger partial charge in [0.1, 0.15) is 6.10 Å². The number of carbonyl (C=O) groups is 1. The topological polar surface area (TPSA) is 59.9 Å². The Morgan fingerprint density at radius 2 is 2.08 bits per heavy atom. The number of hydrogen-bond acceptors (Lipinski definition) is 4. The van der Waals surface area contributed by atoms with Crippen LogP contribution in [0.4, 0.5) is 0 Å². The Labute approximate surface area is 148 Å². The zero-order valence-corrected chi connectivity index (χ0v) is 14.6. The van der Waals surface area contributed by atoms with Gasteiger partial charge in [-0.3, -0.25) is 4.79 Å². The number of aryl methyl sites for hydroxylation is 1. The molecule has 1 fully saturated rings. The summed E-state index contributed by atoms with van der Waals surface area (Å²) in [5.41, 5.74) is 2.74. The number of rotatable bonds is 5. The number of nitrogens with zero attached hydrogens (tertiary/aromatic N) is 1. The van der Waals surface area contributed by atoms with E-state index < -0.39 is 5.41 Å². The van der Waals surface area contributed by atoms with Gasteiger partial charge in [0.15, 0.2) is 0 Å². The van der Waals surface area contributed by atoms with Gasteiger partial charge in [0.25, 0.3) is 0 Å². The summed E-state index contributed by atoms with van der Waals surface area (Å²) in [5, 5.41) is 7.10. The number of oxime groups is 1. The standard InChI is InChI=1S/C20H24N2O3/c1-3-10-21-19(23)20(8-11-24-12-9-20)14-17-13-18(22-25-17)16-6-4-15(2)5-7-16/h1,4-7,17H,8-14H2,2H3,(H,21,23)/t17-/m1/s1. The van der Waals surface area contributed by atoms with Crippen LogP contribution in [0, 0.1) is 24.7 Å². The number of ether oxygens (including phenoxy) is 1. The number of nitrogens with one attached hydrogen (secondary N) is 1. The SMILES string of the molecule is C#CCNC(=O)C1(C[C@H]2CC(c3ccc(C)cc3)=NO2)CCOCC1. The minimum absolute atomic E-state index is 0.00105. The molecule has 0 spiro atoms. The number of benzene rings is 1. The van der Waals surface area contributed by atoms with Gasteiger partial charge in [-0.25, -0.2) is 0 Å². The van der Waals surface area contributed by atoms with E-state index >= 15 is 0 Å². The highest BCUT2D eigenvalue weighted by Gasteiger charge is 2.43. The molecule has 5 nitrogen and oxygen atoms in total. The van der Waals surface area contributed by atoms with Crippen molar-refractivity contribution >= 4 is 11.6 Å². The van der Waals surface area contributed by atoms with Crippen molar-refractivity contribution in [2.75, 3.05) is 19.8 Å². The van der Waals surface area contributed by atoms with Gasteiger partial charge in [-0.1, -0.05) is 40.9 Å². The number of hydrogen-bond donors (Lipinski definition) is 1. The van der Waals surface area contributed by atoms with Crippen LogP contribution < -0.4 is 5.32 Å². The maximum absolute atomic E-state index is 12.7. The van der Waals surface area contributed by atoms with Crippen molar-refractivity contribution in [2.24, 2.45) is 10.6 Å². The lowest BCUT2D eigenvalue weighted by Gasteiger charge is -2.36. The Morgan fingerprint density at radius 3 is 2.76 bits per heavy atom. The highest BCUT2D eigenvalue weighted by Crippen LogP contribution is 2.38. The van der Waals surface area contributed by atoms with Crippen molar-refractivity contribution < 1.29 is 14.4 Å². The molecule has 132 valence electrons. The second kappa shape index (κ2) is 7.71. The fourth-order valence-electron chi connectivity index (χ4n) is 3.49. The highest BCUT2D eigenvalue weighted by atomic mass is 16.6. The number of carbonyl (C=O) groups excluding carboxylic acids is 1. The highest BCUT2D eigenvalue weighted by molar-refractivity contribution is 6.01.